The minimum Gasteiger partial charge on any atom is -0.379 e. The van der Waals surface area contributed by atoms with Gasteiger partial charge in [-0.15, -0.1) is 0 Å². The van der Waals surface area contributed by atoms with Crippen LogP contribution in [0.2, 0.25) is 0 Å². The molecule has 20 heavy (non-hydrogen) atoms. The van der Waals surface area contributed by atoms with E-state index in [4.69, 9.17) is 0 Å². The quantitative estimate of drug-likeness (QED) is 0.903. The number of nitrogens with zero attached hydrogens (tertiary/aromatic N) is 1. The van der Waals surface area contributed by atoms with Crippen LogP contribution in [0.25, 0.3) is 0 Å². The molecule has 0 aromatic heterocycles. The van der Waals surface area contributed by atoms with Gasteiger partial charge in [-0.1, -0.05) is 54.6 Å². The molecule has 1 N–H and O–H groups in total. The third-order valence-electron chi connectivity index (χ3n) is 4.25. The summed E-state index contributed by atoms with van der Waals surface area (Å²) in [5.41, 5.74) is 2.32. The van der Waals surface area contributed by atoms with Gasteiger partial charge in [0.25, 0.3) is 0 Å². The average molecular weight is 267 g/mol. The molecule has 0 amide bonds. The lowest BCUT2D eigenvalue weighted by atomic mass is 9.80. The molecule has 0 aliphatic carbocycles. The Hall–Kier alpha value is -1.64. The van der Waals surface area contributed by atoms with Crippen LogP contribution >= 0.6 is 0 Å². The second-order valence-corrected chi connectivity index (χ2v) is 5.88. The molecular weight excluding hydrogens is 246 g/mol. The largest absolute Gasteiger partial charge is 0.379 e. The Balaban J connectivity index is 2.14. The zero-order valence-corrected chi connectivity index (χ0v) is 12.1. The Morgan fingerprint density at radius 1 is 1.00 bits per heavy atom. The molecule has 1 heterocycles. The summed E-state index contributed by atoms with van der Waals surface area (Å²) >= 11 is 0. The van der Waals surface area contributed by atoms with Gasteiger partial charge < -0.3 is 5.11 Å². The van der Waals surface area contributed by atoms with Crippen molar-refractivity contribution in [2.75, 3.05) is 6.54 Å². The highest BCUT2D eigenvalue weighted by Crippen LogP contribution is 2.37. The van der Waals surface area contributed by atoms with Gasteiger partial charge in [0.05, 0.1) is 0 Å². The highest BCUT2D eigenvalue weighted by atomic mass is 16.3. The average Bonchev–Trinajstić information content (AvgIpc) is 2.48. The van der Waals surface area contributed by atoms with Gasteiger partial charge in [0, 0.05) is 19.1 Å². The molecule has 1 aliphatic heterocycles. The molecule has 0 saturated carbocycles. The van der Waals surface area contributed by atoms with Gasteiger partial charge in [-0.05, 0) is 30.5 Å². The van der Waals surface area contributed by atoms with E-state index in [-0.39, 0.29) is 0 Å². The first-order valence-corrected chi connectivity index (χ1v) is 7.21. The molecule has 0 radical (unpaired) electrons. The molecule has 2 aromatic rings. The van der Waals surface area contributed by atoms with E-state index in [0.717, 1.165) is 17.7 Å². The predicted molar refractivity (Wildman–Crippen MR) is 81.4 cm³/mol. The van der Waals surface area contributed by atoms with Crippen molar-refractivity contribution in [2.45, 2.75) is 32.0 Å². The Morgan fingerprint density at radius 2 is 1.65 bits per heavy atom. The normalized spacial score (nSPS) is 22.8. The number of β-amino-alcohol motifs (C(OH)–C–C–N with tert-alkyl or cyclic N) is 1. The topological polar surface area (TPSA) is 23.5 Å². The van der Waals surface area contributed by atoms with Crippen LogP contribution in [-0.2, 0) is 12.1 Å². The molecule has 1 atom stereocenters. The lowest BCUT2D eigenvalue weighted by molar-refractivity contribution is 0.00693. The highest BCUT2D eigenvalue weighted by Gasteiger charge is 2.39. The number of benzene rings is 2. The summed E-state index contributed by atoms with van der Waals surface area (Å²) < 4.78 is 0. The highest BCUT2D eigenvalue weighted by molar-refractivity contribution is 5.43. The second-order valence-electron chi connectivity index (χ2n) is 5.88. The molecule has 1 aliphatic rings. The van der Waals surface area contributed by atoms with Crippen LogP contribution in [0.4, 0.5) is 0 Å². The van der Waals surface area contributed by atoms with Crippen molar-refractivity contribution in [2.24, 2.45) is 0 Å². The third-order valence-corrected chi connectivity index (χ3v) is 4.25. The van der Waals surface area contributed by atoms with Crippen molar-refractivity contribution in [1.82, 2.24) is 4.90 Å². The molecular formula is C18H21NO. The molecule has 104 valence electrons. The van der Waals surface area contributed by atoms with E-state index in [1.165, 1.54) is 5.56 Å². The number of rotatable bonds is 2. The number of hydrogen-bond acceptors (Lipinski definition) is 2. The van der Waals surface area contributed by atoms with Crippen molar-refractivity contribution in [1.29, 1.82) is 0 Å². The van der Waals surface area contributed by atoms with Gasteiger partial charge in [-0.3, -0.25) is 4.90 Å². The van der Waals surface area contributed by atoms with Crippen molar-refractivity contribution in [3.63, 3.8) is 0 Å². The van der Waals surface area contributed by atoms with Gasteiger partial charge >= 0.3 is 0 Å². The Labute approximate surface area is 120 Å². The maximum Gasteiger partial charge on any atom is 0.128 e. The summed E-state index contributed by atoms with van der Waals surface area (Å²) in [6, 6.07) is 18.7. The molecule has 3 rings (SSSR count). The van der Waals surface area contributed by atoms with Crippen LogP contribution in [0.15, 0.2) is 54.6 Å². The van der Waals surface area contributed by atoms with Gasteiger partial charge in [0.1, 0.15) is 5.60 Å². The fraction of sp³-hybridized carbons (Fsp3) is 0.333. The zero-order valence-electron chi connectivity index (χ0n) is 12.1. The molecule has 1 unspecified atom stereocenters. The molecule has 2 heteroatoms. The molecule has 0 bridgehead atoms. The van der Waals surface area contributed by atoms with E-state index >= 15 is 0 Å². The second kappa shape index (κ2) is 5.04. The monoisotopic (exact) mass is 267 g/mol. The fourth-order valence-corrected chi connectivity index (χ4v) is 3.04. The summed E-state index contributed by atoms with van der Waals surface area (Å²) in [5.74, 6) is 0. The van der Waals surface area contributed by atoms with Gasteiger partial charge in [0.15, 0.2) is 0 Å². The van der Waals surface area contributed by atoms with Crippen LogP contribution in [0, 0.1) is 0 Å². The van der Waals surface area contributed by atoms with Crippen LogP contribution in [0.3, 0.4) is 0 Å². The molecule has 2 aromatic carbocycles. The van der Waals surface area contributed by atoms with E-state index in [1.54, 1.807) is 0 Å². The number of hydrogen-bond donors (Lipinski definition) is 1. The van der Waals surface area contributed by atoms with Crippen LogP contribution in [-0.4, -0.2) is 22.6 Å². The lowest BCUT2D eigenvalue weighted by Crippen LogP contribution is -2.48. The summed E-state index contributed by atoms with van der Waals surface area (Å²) in [4.78, 5) is 2.33. The van der Waals surface area contributed by atoms with Crippen molar-refractivity contribution >= 4 is 0 Å². The van der Waals surface area contributed by atoms with Crippen molar-refractivity contribution < 1.29 is 5.11 Å². The van der Waals surface area contributed by atoms with Gasteiger partial charge in [-0.2, -0.15) is 0 Å². The standard InChI is InChI=1S/C18H21NO/c1-14(2)19-12-15-8-6-7-11-17(15)18(20,13-19)16-9-4-3-5-10-16/h3-11,14,20H,12-13H2,1-2H3. The maximum atomic E-state index is 11.4. The van der Waals surface area contributed by atoms with E-state index in [0.29, 0.717) is 12.6 Å². The van der Waals surface area contributed by atoms with E-state index in [1.807, 2.05) is 42.5 Å². The summed E-state index contributed by atoms with van der Waals surface area (Å²) in [6.45, 7) is 5.91. The predicted octanol–water partition coefficient (Wildman–Crippen LogP) is 3.15. The first-order valence-electron chi connectivity index (χ1n) is 7.21. The number of fused-ring (bicyclic) bond motifs is 1. The van der Waals surface area contributed by atoms with Crippen molar-refractivity contribution in [3.8, 4) is 0 Å². The van der Waals surface area contributed by atoms with Crippen LogP contribution in [0.1, 0.15) is 30.5 Å². The van der Waals surface area contributed by atoms with Crippen molar-refractivity contribution in [3.05, 3.63) is 71.3 Å². The van der Waals surface area contributed by atoms with E-state index in [9.17, 15) is 5.11 Å². The Kier molecular flexibility index (Phi) is 3.36. The molecule has 0 saturated heterocycles. The molecule has 0 fully saturated rings. The minimum atomic E-state index is -0.916. The first-order chi connectivity index (χ1) is 9.61. The van der Waals surface area contributed by atoms with E-state index < -0.39 is 5.60 Å². The minimum absolute atomic E-state index is 0.415. The number of aliphatic hydroxyl groups is 1. The maximum absolute atomic E-state index is 11.4. The van der Waals surface area contributed by atoms with Gasteiger partial charge in [0.2, 0.25) is 0 Å². The Morgan fingerprint density at radius 3 is 2.35 bits per heavy atom. The summed E-state index contributed by atoms with van der Waals surface area (Å²) in [7, 11) is 0. The molecule has 0 spiro atoms. The third kappa shape index (κ3) is 2.15. The van der Waals surface area contributed by atoms with Crippen LogP contribution < -0.4 is 0 Å². The first kappa shape index (κ1) is 13.3. The lowest BCUT2D eigenvalue weighted by Gasteiger charge is -2.43. The fourth-order valence-electron chi connectivity index (χ4n) is 3.04. The van der Waals surface area contributed by atoms with Gasteiger partial charge in [-0.25, -0.2) is 0 Å². The summed E-state index contributed by atoms with van der Waals surface area (Å²) in [6.07, 6.45) is 0. The van der Waals surface area contributed by atoms with E-state index in [2.05, 4.69) is 30.9 Å². The van der Waals surface area contributed by atoms with Crippen LogP contribution in [0.5, 0.6) is 0 Å². The summed E-state index contributed by atoms with van der Waals surface area (Å²) in [5, 5.41) is 11.4. The molecule has 2 nitrogen and oxygen atoms in total. The SMILES string of the molecule is CC(C)N1Cc2ccccc2C(O)(c2ccccc2)C1. The Bertz CT molecular complexity index is 593. The zero-order chi connectivity index (χ0) is 14.2. The smallest absolute Gasteiger partial charge is 0.128 e.